The lowest BCUT2D eigenvalue weighted by molar-refractivity contribution is -0.116. The molecule has 1 aromatic carbocycles. The second kappa shape index (κ2) is 6.12. The zero-order chi connectivity index (χ0) is 12.0. The van der Waals surface area contributed by atoms with Gasteiger partial charge in [0.15, 0.2) is 0 Å². The van der Waals surface area contributed by atoms with Crippen LogP contribution in [0.4, 0.5) is 5.69 Å². The molecule has 0 aliphatic carbocycles. The summed E-state index contributed by atoms with van der Waals surface area (Å²) in [6.07, 6.45) is 0.842. The van der Waals surface area contributed by atoms with Gasteiger partial charge in [0, 0.05) is 19.7 Å². The molecular formula is C12H18N2O2. The van der Waals surface area contributed by atoms with E-state index in [4.69, 9.17) is 10.5 Å². The number of nitrogens with zero attached hydrogens (tertiary/aromatic N) is 1. The van der Waals surface area contributed by atoms with E-state index < -0.39 is 0 Å². The molecular weight excluding hydrogens is 204 g/mol. The first-order chi connectivity index (χ1) is 7.65. The Balaban J connectivity index is 2.57. The van der Waals surface area contributed by atoms with Crippen LogP contribution < -0.4 is 15.4 Å². The average molecular weight is 222 g/mol. The fourth-order valence-electron chi connectivity index (χ4n) is 1.22. The lowest BCUT2D eigenvalue weighted by Gasteiger charge is -2.15. The summed E-state index contributed by atoms with van der Waals surface area (Å²) in [4.78, 5) is 12.7. The molecule has 1 aromatic rings. The second-order valence-electron chi connectivity index (χ2n) is 3.56. The predicted octanol–water partition coefficient (Wildman–Crippen LogP) is 1.40. The van der Waals surface area contributed by atoms with Gasteiger partial charge in [-0.2, -0.15) is 0 Å². The number of hydrogen-bond acceptors (Lipinski definition) is 3. The van der Waals surface area contributed by atoms with Gasteiger partial charge in [-0.25, -0.2) is 0 Å². The number of amides is 1. The summed E-state index contributed by atoms with van der Waals surface area (Å²) in [6, 6.07) is 7.43. The SMILES string of the molecule is CC(=O)N(C)c1ccc(OCCCN)cc1. The molecule has 1 rings (SSSR count). The Kier molecular flexibility index (Phi) is 4.79. The molecule has 0 saturated heterocycles. The van der Waals surface area contributed by atoms with Crippen molar-refractivity contribution in [2.24, 2.45) is 5.73 Å². The highest BCUT2D eigenvalue weighted by Gasteiger charge is 2.04. The van der Waals surface area contributed by atoms with Crippen molar-refractivity contribution < 1.29 is 9.53 Å². The Morgan fingerprint density at radius 3 is 2.50 bits per heavy atom. The topological polar surface area (TPSA) is 55.6 Å². The van der Waals surface area contributed by atoms with Gasteiger partial charge < -0.3 is 15.4 Å². The van der Waals surface area contributed by atoms with Crippen LogP contribution in [0.5, 0.6) is 5.75 Å². The molecule has 0 fully saturated rings. The molecule has 0 saturated carbocycles. The third kappa shape index (κ3) is 3.55. The van der Waals surface area contributed by atoms with Crippen LogP contribution in [0.1, 0.15) is 13.3 Å². The summed E-state index contributed by atoms with van der Waals surface area (Å²) in [5, 5.41) is 0. The van der Waals surface area contributed by atoms with Crippen LogP contribution in [-0.2, 0) is 4.79 Å². The maximum atomic E-state index is 11.1. The fraction of sp³-hybridized carbons (Fsp3) is 0.417. The summed E-state index contributed by atoms with van der Waals surface area (Å²) < 4.78 is 5.46. The van der Waals surface area contributed by atoms with E-state index in [1.165, 1.54) is 6.92 Å². The summed E-state index contributed by atoms with van der Waals surface area (Å²) in [6.45, 7) is 2.79. The van der Waals surface area contributed by atoms with Crippen molar-refractivity contribution >= 4 is 11.6 Å². The van der Waals surface area contributed by atoms with Gasteiger partial charge >= 0.3 is 0 Å². The first-order valence-electron chi connectivity index (χ1n) is 5.32. The van der Waals surface area contributed by atoms with Gasteiger partial charge in [0.2, 0.25) is 5.91 Å². The van der Waals surface area contributed by atoms with E-state index in [-0.39, 0.29) is 5.91 Å². The van der Waals surface area contributed by atoms with Crippen LogP contribution in [0.25, 0.3) is 0 Å². The lowest BCUT2D eigenvalue weighted by Crippen LogP contribution is -2.22. The van der Waals surface area contributed by atoms with Crippen molar-refractivity contribution in [2.75, 3.05) is 25.1 Å². The molecule has 0 heterocycles. The Hall–Kier alpha value is -1.55. The van der Waals surface area contributed by atoms with Crippen LogP contribution in [0, 0.1) is 0 Å². The standard InChI is InChI=1S/C12H18N2O2/c1-10(15)14(2)11-4-6-12(7-5-11)16-9-3-8-13/h4-7H,3,8-9,13H2,1-2H3. The van der Waals surface area contributed by atoms with E-state index in [9.17, 15) is 4.79 Å². The smallest absolute Gasteiger partial charge is 0.223 e. The number of carbonyl (C=O) groups is 1. The number of ether oxygens (including phenoxy) is 1. The second-order valence-corrected chi connectivity index (χ2v) is 3.56. The van der Waals surface area contributed by atoms with Crippen LogP contribution in [-0.4, -0.2) is 26.1 Å². The third-order valence-electron chi connectivity index (χ3n) is 2.31. The number of anilines is 1. The van der Waals surface area contributed by atoms with Crippen molar-refractivity contribution in [3.05, 3.63) is 24.3 Å². The van der Waals surface area contributed by atoms with Crippen LogP contribution in [0.15, 0.2) is 24.3 Å². The van der Waals surface area contributed by atoms with Gasteiger partial charge in [-0.1, -0.05) is 0 Å². The Bertz CT molecular complexity index is 335. The average Bonchev–Trinajstić information content (AvgIpc) is 2.29. The zero-order valence-electron chi connectivity index (χ0n) is 9.77. The van der Waals surface area contributed by atoms with E-state index in [1.807, 2.05) is 24.3 Å². The minimum absolute atomic E-state index is 0.0109. The van der Waals surface area contributed by atoms with Gasteiger partial charge in [-0.3, -0.25) is 4.79 Å². The Morgan fingerprint density at radius 1 is 1.38 bits per heavy atom. The molecule has 0 unspecified atom stereocenters. The molecule has 88 valence electrons. The number of nitrogens with two attached hydrogens (primary N) is 1. The van der Waals surface area contributed by atoms with Gasteiger partial charge in [0.25, 0.3) is 0 Å². The minimum Gasteiger partial charge on any atom is -0.494 e. The van der Waals surface area contributed by atoms with E-state index in [0.717, 1.165) is 17.9 Å². The van der Waals surface area contributed by atoms with Gasteiger partial charge in [0.1, 0.15) is 5.75 Å². The maximum absolute atomic E-state index is 11.1. The maximum Gasteiger partial charge on any atom is 0.223 e. The van der Waals surface area contributed by atoms with Gasteiger partial charge in [-0.05, 0) is 37.2 Å². The lowest BCUT2D eigenvalue weighted by atomic mass is 10.3. The molecule has 0 bridgehead atoms. The first kappa shape index (κ1) is 12.5. The molecule has 4 nitrogen and oxygen atoms in total. The quantitative estimate of drug-likeness (QED) is 0.766. The summed E-state index contributed by atoms with van der Waals surface area (Å²) in [7, 11) is 1.74. The zero-order valence-corrected chi connectivity index (χ0v) is 9.77. The van der Waals surface area contributed by atoms with Crippen molar-refractivity contribution in [1.29, 1.82) is 0 Å². The highest BCUT2D eigenvalue weighted by Crippen LogP contribution is 2.18. The first-order valence-corrected chi connectivity index (χ1v) is 5.32. The number of rotatable bonds is 5. The predicted molar refractivity (Wildman–Crippen MR) is 64.7 cm³/mol. The van der Waals surface area contributed by atoms with E-state index in [1.54, 1.807) is 11.9 Å². The number of benzene rings is 1. The van der Waals surface area contributed by atoms with Crippen LogP contribution in [0.2, 0.25) is 0 Å². The summed E-state index contributed by atoms with van der Waals surface area (Å²) >= 11 is 0. The van der Waals surface area contributed by atoms with Crippen molar-refractivity contribution in [3.63, 3.8) is 0 Å². The van der Waals surface area contributed by atoms with Crippen LogP contribution >= 0.6 is 0 Å². The summed E-state index contributed by atoms with van der Waals surface area (Å²) in [5.41, 5.74) is 6.23. The Morgan fingerprint density at radius 2 is 2.00 bits per heavy atom. The van der Waals surface area contributed by atoms with E-state index in [0.29, 0.717) is 13.2 Å². The molecule has 0 atom stereocenters. The summed E-state index contributed by atoms with van der Waals surface area (Å²) in [5.74, 6) is 0.811. The number of hydrogen-bond donors (Lipinski definition) is 1. The van der Waals surface area contributed by atoms with Crippen molar-refractivity contribution in [3.8, 4) is 5.75 Å². The molecule has 2 N–H and O–H groups in total. The van der Waals surface area contributed by atoms with Crippen molar-refractivity contribution in [1.82, 2.24) is 0 Å². The highest BCUT2D eigenvalue weighted by atomic mass is 16.5. The molecule has 0 aliphatic rings. The molecule has 0 spiro atoms. The largest absolute Gasteiger partial charge is 0.494 e. The van der Waals surface area contributed by atoms with Crippen molar-refractivity contribution in [2.45, 2.75) is 13.3 Å². The molecule has 1 amide bonds. The highest BCUT2D eigenvalue weighted by molar-refractivity contribution is 5.90. The van der Waals surface area contributed by atoms with Gasteiger partial charge in [-0.15, -0.1) is 0 Å². The third-order valence-corrected chi connectivity index (χ3v) is 2.31. The minimum atomic E-state index is 0.0109. The monoisotopic (exact) mass is 222 g/mol. The molecule has 16 heavy (non-hydrogen) atoms. The normalized spacial score (nSPS) is 9.94. The van der Waals surface area contributed by atoms with E-state index >= 15 is 0 Å². The molecule has 0 aromatic heterocycles. The Labute approximate surface area is 96.0 Å². The van der Waals surface area contributed by atoms with Crippen LogP contribution in [0.3, 0.4) is 0 Å². The molecule has 4 heteroatoms. The fourth-order valence-corrected chi connectivity index (χ4v) is 1.22. The van der Waals surface area contributed by atoms with E-state index in [2.05, 4.69) is 0 Å². The van der Waals surface area contributed by atoms with Gasteiger partial charge in [0.05, 0.1) is 6.61 Å². The molecule has 0 radical (unpaired) electrons. The molecule has 0 aliphatic heterocycles. The number of carbonyl (C=O) groups excluding carboxylic acids is 1.